The van der Waals surface area contributed by atoms with Crippen molar-refractivity contribution in [3.8, 4) is 51.7 Å². The monoisotopic (exact) mass is 1620 g/mol. The van der Waals surface area contributed by atoms with Crippen molar-refractivity contribution in [1.82, 2.24) is 49.0 Å². The van der Waals surface area contributed by atoms with Crippen LogP contribution in [0.5, 0.6) is 29.0 Å². The number of carbonyl (C=O) groups is 3. The number of benzene rings is 5. The third-order valence-electron chi connectivity index (χ3n) is 23.2. The van der Waals surface area contributed by atoms with Crippen LogP contribution in [0.3, 0.4) is 0 Å². The Hall–Kier alpha value is -9.35. The van der Waals surface area contributed by atoms with Gasteiger partial charge in [0, 0.05) is 76.0 Å². The molecule has 2 amide bonds. The molecule has 6 atom stereocenters. The fourth-order valence-electron chi connectivity index (χ4n) is 17.6. The molecular weight excluding hydrogens is 1510 g/mol. The highest BCUT2D eigenvalue weighted by atomic mass is 32.2. The van der Waals surface area contributed by atoms with E-state index in [4.69, 9.17) is 62.3 Å². The van der Waals surface area contributed by atoms with Crippen molar-refractivity contribution in [3.05, 3.63) is 118 Å². The average Bonchev–Trinajstić information content (AvgIpc) is 1.03. The molecule has 30 heteroatoms. The highest BCUT2D eigenvalue weighted by Gasteiger charge is 2.51. The van der Waals surface area contributed by atoms with Crippen LogP contribution in [0.4, 0.5) is 19.4 Å². The first-order chi connectivity index (χ1) is 54.9. The number of morpholine rings is 1. The van der Waals surface area contributed by atoms with Gasteiger partial charge in [-0.05, 0) is 168 Å². The molecule has 13 rings (SSSR count). The third-order valence-corrected chi connectivity index (χ3v) is 31.4. The summed E-state index contributed by atoms with van der Waals surface area (Å²) in [6.45, 7) is 26.4. The summed E-state index contributed by atoms with van der Waals surface area (Å²) in [7, 11) is 0.147. The number of sulfonamides is 1. The van der Waals surface area contributed by atoms with Crippen molar-refractivity contribution in [3.63, 3.8) is 0 Å². The molecule has 0 aliphatic carbocycles. The number of likely N-dealkylation sites (N-methyl/N-ethyl adjacent to an activating group) is 1. The number of aromatic nitrogens is 6. The highest BCUT2D eigenvalue weighted by Crippen LogP contribution is 2.46. The Morgan fingerprint density at radius 1 is 0.843 bits per heavy atom. The molecule has 8 aromatic rings. The van der Waals surface area contributed by atoms with Crippen LogP contribution in [0.1, 0.15) is 142 Å². The van der Waals surface area contributed by atoms with Gasteiger partial charge < -0.3 is 57.2 Å². The summed E-state index contributed by atoms with van der Waals surface area (Å²) in [6, 6.07) is 19.9. The van der Waals surface area contributed by atoms with E-state index in [0.717, 1.165) is 22.3 Å². The predicted octanol–water partition coefficient (Wildman–Crippen LogP) is 13.1. The topological polar surface area (TPSA) is 263 Å². The van der Waals surface area contributed by atoms with Gasteiger partial charge in [0.2, 0.25) is 15.9 Å². The Morgan fingerprint density at radius 3 is 2.30 bits per heavy atom. The normalized spacial score (nSPS) is 20.2. The quantitative estimate of drug-likeness (QED) is 0.0160. The first-order valence-electron chi connectivity index (χ1n) is 39.8. The Bertz CT molecular complexity index is 5120. The van der Waals surface area contributed by atoms with E-state index >= 15 is 13.6 Å². The number of pyridine rings is 1. The molecule has 4 saturated heterocycles. The van der Waals surface area contributed by atoms with E-state index < -0.39 is 71.1 Å². The zero-order chi connectivity index (χ0) is 82.2. The second-order valence-electron chi connectivity index (χ2n) is 32.8. The number of esters is 1. The van der Waals surface area contributed by atoms with Crippen molar-refractivity contribution in [2.45, 2.75) is 185 Å². The van der Waals surface area contributed by atoms with Gasteiger partial charge in [-0.1, -0.05) is 76.9 Å². The lowest BCUT2D eigenvalue weighted by Crippen LogP contribution is -2.61. The number of likely N-dealkylation sites (tertiary alicyclic amines) is 1. The molecule has 0 saturated carbocycles. The molecule has 2 bridgehead atoms. The minimum atomic E-state index is -4.14. The van der Waals surface area contributed by atoms with Gasteiger partial charge in [-0.25, -0.2) is 26.7 Å². The van der Waals surface area contributed by atoms with Crippen LogP contribution in [0.2, 0.25) is 16.6 Å². The van der Waals surface area contributed by atoms with Crippen molar-refractivity contribution in [1.29, 1.82) is 0 Å². The molecule has 5 aliphatic heterocycles. The number of hydrogen-bond acceptors (Lipinski definition) is 22. The van der Waals surface area contributed by atoms with E-state index in [0.29, 0.717) is 96.7 Å². The molecule has 26 nitrogen and oxygen atoms in total. The summed E-state index contributed by atoms with van der Waals surface area (Å²) < 4.78 is 128. The van der Waals surface area contributed by atoms with Gasteiger partial charge in [0.1, 0.15) is 100 Å². The van der Waals surface area contributed by atoms with Crippen LogP contribution in [0, 0.1) is 30.0 Å². The predicted molar refractivity (Wildman–Crippen MR) is 434 cm³/mol. The first kappa shape index (κ1) is 83.6. The zero-order valence-electron chi connectivity index (χ0n) is 68.8. The van der Waals surface area contributed by atoms with Crippen molar-refractivity contribution < 1.29 is 79.0 Å². The minimum absolute atomic E-state index is 0.00880. The molecule has 0 radical (unpaired) electrons. The Kier molecular flexibility index (Phi) is 25.0. The maximum Gasteiger partial charge on any atom is 0.410 e. The molecule has 8 heterocycles. The maximum absolute atomic E-state index is 18.6. The third kappa shape index (κ3) is 17.1. The van der Waals surface area contributed by atoms with Crippen LogP contribution in [0.15, 0.2) is 83.9 Å². The summed E-state index contributed by atoms with van der Waals surface area (Å²) in [5.74, 6) is 2.57. The molecule has 616 valence electrons. The summed E-state index contributed by atoms with van der Waals surface area (Å²) in [6.07, 6.45) is 2.56. The highest BCUT2D eigenvalue weighted by molar-refractivity contribution is 7.89. The number of methoxy groups -OCH3 is 2. The van der Waals surface area contributed by atoms with E-state index in [1.165, 1.54) is 29.7 Å². The van der Waals surface area contributed by atoms with E-state index in [9.17, 15) is 18.0 Å². The number of hydrogen-bond donors (Lipinski definition) is 0. The molecule has 115 heavy (non-hydrogen) atoms. The number of anilines is 1. The number of rotatable bonds is 26. The average molecular weight is 1620 g/mol. The lowest BCUT2D eigenvalue weighted by atomic mass is 9.86. The number of fused-ring (bicyclic) bond motifs is 6. The smallest absolute Gasteiger partial charge is 0.410 e. The van der Waals surface area contributed by atoms with Gasteiger partial charge in [-0.15, -0.1) is 10.6 Å². The Morgan fingerprint density at radius 2 is 1.60 bits per heavy atom. The van der Waals surface area contributed by atoms with Crippen LogP contribution >= 0.6 is 0 Å². The van der Waals surface area contributed by atoms with Crippen molar-refractivity contribution in [2.75, 3.05) is 112 Å². The number of piperazine rings is 1. The van der Waals surface area contributed by atoms with Gasteiger partial charge in [0.05, 0.1) is 75.6 Å². The maximum atomic E-state index is 18.6. The number of amides is 2. The number of aryl methyl sites for hydroxylation is 2. The van der Waals surface area contributed by atoms with Crippen molar-refractivity contribution in [2.24, 2.45) is 7.05 Å². The Balaban J connectivity index is 0.714. The van der Waals surface area contributed by atoms with Gasteiger partial charge in [-0.2, -0.15) is 14.3 Å². The van der Waals surface area contributed by atoms with Gasteiger partial charge >= 0.3 is 18.1 Å². The fourth-order valence-corrected chi connectivity index (χ4v) is 24.4. The summed E-state index contributed by atoms with van der Waals surface area (Å²) >= 11 is 0. The van der Waals surface area contributed by atoms with E-state index in [2.05, 4.69) is 63.3 Å². The Labute approximate surface area is 672 Å². The zero-order valence-corrected chi connectivity index (χ0v) is 70.6. The van der Waals surface area contributed by atoms with Crippen LogP contribution in [0.25, 0.3) is 44.0 Å². The lowest BCUT2D eigenvalue weighted by Gasteiger charge is -2.42. The fraction of sp³-hybridized carbons (Fsp3) is 0.529. The van der Waals surface area contributed by atoms with Crippen LogP contribution < -0.4 is 28.6 Å². The van der Waals surface area contributed by atoms with Gasteiger partial charge in [0.25, 0.3) is 0 Å². The largest absolute Gasteiger partial charge is 0.494 e. The second kappa shape index (κ2) is 34.4. The molecule has 0 spiro atoms. The summed E-state index contributed by atoms with van der Waals surface area (Å²) in [4.78, 5) is 64.8. The van der Waals surface area contributed by atoms with Crippen molar-refractivity contribution >= 4 is 74.6 Å². The van der Waals surface area contributed by atoms with E-state index in [-0.39, 0.29) is 151 Å². The molecule has 5 aromatic carbocycles. The molecule has 5 aliphatic rings. The standard InChI is InChI=1S/C85H107F2N11O15SSi/c1-17-107-74(99)41-66(58-37-70-79(72(38-58)105-16)94(14)92-91-70)56-20-19-54(8)59(35-56)44-97-43-55(9)112-71-40-62(24-26-73(71)114(97,102)103)109-33-32-106-48-64-47-95(30-31-108-64)81(100)85(28-18-29-93(85)13)49-110-82-89-78-68(80(90-82)96-45-60-22-23-61(46-96)98(60)83(101)113-84(10,11)12)42-88-77(76(78)87)67-39-63(111-50-104-15)36-57-21-25-69(86)65(75(57)67)27-34-115(51(2)3,52(4)5)53(6)7/h19-21,24-26,35-40,42,51-53,55,60-61,64,66H,17-18,22-23,28-33,41,43-50H2,1-16H3/t55-,60-,61+,64?,66?,85-/m1/s1. The number of carbonyl (C=O) groups excluding carboxylic acids is 3. The molecule has 3 aromatic heterocycles. The molecule has 0 N–H and O–H groups in total. The van der Waals surface area contributed by atoms with Crippen LogP contribution in [-0.4, -0.2) is 226 Å². The summed E-state index contributed by atoms with van der Waals surface area (Å²) in [5.41, 5.74) is 6.96. The van der Waals surface area contributed by atoms with Gasteiger partial charge in [0.15, 0.2) is 12.6 Å². The minimum Gasteiger partial charge on any atom is -0.494 e. The number of nitrogens with zero attached hydrogens (tertiary/aromatic N) is 11. The number of halogens is 2. The van der Waals surface area contributed by atoms with E-state index in [1.807, 2.05) is 86.7 Å². The van der Waals surface area contributed by atoms with Crippen LogP contribution in [-0.2, 0) is 56.9 Å². The molecular formula is C85H107F2N11O15SSi. The molecule has 2 unspecified atom stereocenters. The number of ether oxygens (including phenoxy) is 10. The summed E-state index contributed by atoms with van der Waals surface area (Å²) in [5, 5.41) is 9.69. The SMILES string of the molecule is CCOC(=O)CC(c1ccc(C)c(CN2C[C@@H](C)Oc3cc(OCCOCC4CN(C(=O)[C@]5(COc6nc(N7C[C@H]8CC[C@@H](C7)N8C(=O)OC(C)(C)C)c7cnc(-c8cc(OCOC)cc9ccc(F)c(C#C[Si](C(C)C)(C(C)C)C(C)C)c89)c(F)c7n6)CCCN5C)CCO4)ccc3S2(=O)=O)c1)c1cc(OC)c2c(c1)nnn2C. The van der Waals surface area contributed by atoms with Gasteiger partial charge in [-0.3, -0.25) is 24.4 Å². The second-order valence-corrected chi connectivity index (χ2v) is 40.3. The lowest BCUT2D eigenvalue weighted by molar-refractivity contribution is -0.154. The van der Waals surface area contributed by atoms with E-state index in [1.54, 1.807) is 61.0 Å². The first-order valence-corrected chi connectivity index (χ1v) is 43.5. The molecule has 4 fully saturated rings.